The number of fused-ring (bicyclic) bond motifs is 1. The van der Waals surface area contributed by atoms with Gasteiger partial charge in [-0.1, -0.05) is 32.6 Å². The van der Waals surface area contributed by atoms with Crippen LogP contribution in [0.5, 0.6) is 0 Å². The largest absolute Gasteiger partial charge is 0.0952 e. The molecule has 0 nitrogen and oxygen atoms in total. The van der Waals surface area contributed by atoms with Gasteiger partial charge in [0, 0.05) is 5.92 Å². The van der Waals surface area contributed by atoms with E-state index in [-0.39, 0.29) is 0 Å². The van der Waals surface area contributed by atoms with Gasteiger partial charge in [0.1, 0.15) is 0 Å². The van der Waals surface area contributed by atoms with Crippen molar-refractivity contribution >= 4 is 5.57 Å². The maximum atomic E-state index is 4.07. The molecule has 0 heteroatoms. The molecule has 2 rings (SSSR count). The van der Waals surface area contributed by atoms with Crippen molar-refractivity contribution in [3.05, 3.63) is 41.0 Å². The van der Waals surface area contributed by atoms with E-state index in [1.165, 1.54) is 22.3 Å². The summed E-state index contributed by atoms with van der Waals surface area (Å²) in [7, 11) is 0. The summed E-state index contributed by atoms with van der Waals surface area (Å²) < 4.78 is 0. The third-order valence-corrected chi connectivity index (χ3v) is 3.07. The smallest absolute Gasteiger partial charge is 0.00698 e. The summed E-state index contributed by atoms with van der Waals surface area (Å²) in [5.74, 6) is 0.707. The van der Waals surface area contributed by atoms with E-state index in [9.17, 15) is 0 Å². The molecule has 1 aliphatic carbocycles. The van der Waals surface area contributed by atoms with Crippen molar-refractivity contribution in [3.8, 4) is 0 Å². The Morgan fingerprint density at radius 2 is 2.15 bits per heavy atom. The van der Waals surface area contributed by atoms with Crippen LogP contribution in [0.2, 0.25) is 0 Å². The second-order valence-corrected chi connectivity index (χ2v) is 3.97. The summed E-state index contributed by atoms with van der Waals surface area (Å²) in [6.45, 7) is 10.7. The van der Waals surface area contributed by atoms with E-state index in [1.807, 2.05) is 0 Å². The molecule has 0 spiro atoms. The molecule has 13 heavy (non-hydrogen) atoms. The van der Waals surface area contributed by atoms with Gasteiger partial charge in [-0.2, -0.15) is 0 Å². The molecule has 1 aliphatic rings. The lowest BCUT2D eigenvalue weighted by Crippen LogP contribution is -1.81. The van der Waals surface area contributed by atoms with Crippen LogP contribution >= 0.6 is 0 Å². The Labute approximate surface area is 80.3 Å². The first-order valence-electron chi connectivity index (χ1n) is 4.97. The van der Waals surface area contributed by atoms with Gasteiger partial charge in [0.25, 0.3) is 0 Å². The van der Waals surface area contributed by atoms with E-state index < -0.39 is 0 Å². The molecule has 0 fully saturated rings. The number of allylic oxidation sites excluding steroid dienone is 1. The Balaban J connectivity index is 2.43. The Kier molecular flexibility index (Phi) is 1.80. The number of aryl methyl sites for hydroxylation is 1. The zero-order chi connectivity index (χ0) is 9.59. The molecule has 0 N–H and O–H groups in total. The van der Waals surface area contributed by atoms with E-state index in [0.29, 0.717) is 5.92 Å². The standard InChI is InChI=1S/C13H16/c1-5-8(2)11-6-9(3)13-10(4)12(13)7-11/h6-7,10H,2,5H2,1,3-4H3. The maximum absolute atomic E-state index is 4.07. The first-order valence-corrected chi connectivity index (χ1v) is 4.97. The molecule has 0 radical (unpaired) electrons. The second-order valence-electron chi connectivity index (χ2n) is 3.97. The molecule has 1 unspecified atom stereocenters. The zero-order valence-electron chi connectivity index (χ0n) is 8.65. The van der Waals surface area contributed by atoms with Crippen LogP contribution in [-0.4, -0.2) is 0 Å². The van der Waals surface area contributed by atoms with Crippen LogP contribution in [0.1, 0.15) is 48.4 Å². The molecule has 1 atom stereocenters. The van der Waals surface area contributed by atoms with Crippen LogP contribution in [0.4, 0.5) is 0 Å². The van der Waals surface area contributed by atoms with Crippen LogP contribution in [-0.2, 0) is 0 Å². The van der Waals surface area contributed by atoms with Crippen molar-refractivity contribution in [1.82, 2.24) is 0 Å². The minimum absolute atomic E-state index is 0.707. The van der Waals surface area contributed by atoms with E-state index in [0.717, 1.165) is 6.42 Å². The molecule has 1 aromatic rings. The summed E-state index contributed by atoms with van der Waals surface area (Å²) >= 11 is 0. The summed E-state index contributed by atoms with van der Waals surface area (Å²) in [6.07, 6.45) is 1.05. The molecular weight excluding hydrogens is 156 g/mol. The van der Waals surface area contributed by atoms with E-state index in [4.69, 9.17) is 0 Å². The molecule has 68 valence electrons. The van der Waals surface area contributed by atoms with Gasteiger partial charge in [-0.25, -0.2) is 0 Å². The normalized spacial score (nSPS) is 18.2. The fourth-order valence-electron chi connectivity index (χ4n) is 2.06. The van der Waals surface area contributed by atoms with Crippen molar-refractivity contribution in [2.45, 2.75) is 33.1 Å². The Morgan fingerprint density at radius 1 is 1.46 bits per heavy atom. The third-order valence-electron chi connectivity index (χ3n) is 3.07. The summed E-state index contributed by atoms with van der Waals surface area (Å²) in [4.78, 5) is 0. The monoisotopic (exact) mass is 172 g/mol. The van der Waals surface area contributed by atoms with Crippen LogP contribution < -0.4 is 0 Å². The van der Waals surface area contributed by atoms with Crippen LogP contribution in [0.25, 0.3) is 5.57 Å². The quantitative estimate of drug-likeness (QED) is 0.635. The molecule has 0 saturated carbocycles. The van der Waals surface area contributed by atoms with Crippen LogP contribution in [0.15, 0.2) is 18.7 Å². The average Bonchev–Trinajstić information content (AvgIpc) is 2.76. The van der Waals surface area contributed by atoms with Crippen molar-refractivity contribution < 1.29 is 0 Å². The Morgan fingerprint density at radius 3 is 2.69 bits per heavy atom. The molecule has 0 aromatic heterocycles. The number of rotatable bonds is 2. The summed E-state index contributed by atoms with van der Waals surface area (Å²) in [5.41, 5.74) is 7.12. The van der Waals surface area contributed by atoms with Gasteiger partial charge < -0.3 is 0 Å². The Hall–Kier alpha value is -1.04. The predicted octanol–water partition coefficient (Wildman–Crippen LogP) is 3.88. The first-order chi connectivity index (χ1) is 6.15. The van der Waals surface area contributed by atoms with Crippen molar-refractivity contribution in [1.29, 1.82) is 0 Å². The minimum Gasteiger partial charge on any atom is -0.0952 e. The topological polar surface area (TPSA) is 0 Å². The first kappa shape index (κ1) is 8.55. The SMILES string of the molecule is C=C(CC)c1cc(C)c2c(c1)C2C. The van der Waals surface area contributed by atoms with Gasteiger partial charge in [0.05, 0.1) is 0 Å². The molecule has 0 heterocycles. The second kappa shape index (κ2) is 2.73. The van der Waals surface area contributed by atoms with Crippen LogP contribution in [0.3, 0.4) is 0 Å². The molecule has 0 aliphatic heterocycles. The third kappa shape index (κ3) is 1.21. The van der Waals surface area contributed by atoms with Gasteiger partial charge in [-0.3, -0.25) is 0 Å². The molecule has 0 bridgehead atoms. The minimum atomic E-state index is 0.707. The number of hydrogen-bond donors (Lipinski definition) is 0. The van der Waals surface area contributed by atoms with Crippen molar-refractivity contribution in [3.63, 3.8) is 0 Å². The highest BCUT2D eigenvalue weighted by molar-refractivity contribution is 5.70. The van der Waals surface area contributed by atoms with Crippen molar-refractivity contribution in [2.75, 3.05) is 0 Å². The summed E-state index contributed by atoms with van der Waals surface area (Å²) in [5, 5.41) is 0. The van der Waals surface area contributed by atoms with Gasteiger partial charge in [-0.15, -0.1) is 0 Å². The maximum Gasteiger partial charge on any atom is 0.00698 e. The van der Waals surface area contributed by atoms with Crippen LogP contribution in [0, 0.1) is 6.92 Å². The van der Waals surface area contributed by atoms with Gasteiger partial charge in [0.15, 0.2) is 0 Å². The lowest BCUT2D eigenvalue weighted by molar-refractivity contribution is 1.13. The van der Waals surface area contributed by atoms with E-state index >= 15 is 0 Å². The number of hydrogen-bond acceptors (Lipinski definition) is 0. The van der Waals surface area contributed by atoms with Gasteiger partial charge in [0.2, 0.25) is 0 Å². The van der Waals surface area contributed by atoms with Crippen molar-refractivity contribution in [2.24, 2.45) is 0 Å². The zero-order valence-corrected chi connectivity index (χ0v) is 8.65. The number of benzene rings is 1. The molecule has 0 saturated heterocycles. The molecular formula is C13H16. The molecule has 1 aromatic carbocycles. The lowest BCUT2D eigenvalue weighted by Gasteiger charge is -2.02. The molecule has 0 amide bonds. The summed E-state index contributed by atoms with van der Waals surface area (Å²) in [6, 6.07) is 4.58. The highest BCUT2D eigenvalue weighted by atomic mass is 14.3. The highest BCUT2D eigenvalue weighted by Crippen LogP contribution is 2.46. The fourth-order valence-corrected chi connectivity index (χ4v) is 2.06. The lowest BCUT2D eigenvalue weighted by atomic mass is 10.0. The fraction of sp³-hybridized carbons (Fsp3) is 0.385. The Bertz CT molecular complexity index is 372. The van der Waals surface area contributed by atoms with E-state index in [2.05, 4.69) is 39.5 Å². The van der Waals surface area contributed by atoms with Gasteiger partial charge in [-0.05, 0) is 41.2 Å². The average molecular weight is 172 g/mol. The van der Waals surface area contributed by atoms with Gasteiger partial charge >= 0.3 is 0 Å². The van der Waals surface area contributed by atoms with E-state index in [1.54, 1.807) is 5.56 Å². The highest BCUT2D eigenvalue weighted by Gasteiger charge is 2.30. The predicted molar refractivity (Wildman–Crippen MR) is 58.0 cm³/mol.